The maximum Gasteiger partial charge on any atom is 0.166 e. The molecule has 0 saturated heterocycles. The largest absolute Gasteiger partial charge is 0.486 e. The van der Waals surface area contributed by atoms with E-state index in [0.29, 0.717) is 24.0 Å². The minimum Gasteiger partial charge on any atom is -0.486 e. The van der Waals surface area contributed by atoms with Crippen LogP contribution in [0.5, 0.6) is 5.75 Å². The van der Waals surface area contributed by atoms with E-state index in [1.165, 1.54) is 5.56 Å². The van der Waals surface area contributed by atoms with Crippen molar-refractivity contribution in [1.82, 2.24) is 9.97 Å². The molecule has 0 amide bonds. The fourth-order valence-corrected chi connectivity index (χ4v) is 2.60. The third kappa shape index (κ3) is 3.64. The van der Waals surface area contributed by atoms with Crippen molar-refractivity contribution < 1.29 is 4.74 Å². The van der Waals surface area contributed by atoms with Gasteiger partial charge < -0.3 is 10.5 Å². The van der Waals surface area contributed by atoms with Gasteiger partial charge in [0, 0.05) is 17.3 Å². The molecule has 1 aromatic carbocycles. The Hall–Kier alpha value is -1.36. The number of fused-ring (bicyclic) bond motifs is 1. The van der Waals surface area contributed by atoms with Gasteiger partial charge in [-0.2, -0.15) is 0 Å². The first kappa shape index (κ1) is 16.0. The Morgan fingerprint density at radius 3 is 2.62 bits per heavy atom. The molecule has 2 aromatic rings. The van der Waals surface area contributed by atoms with Gasteiger partial charge in [-0.1, -0.05) is 11.6 Å². The zero-order valence-electron chi connectivity index (χ0n) is 11.5. The van der Waals surface area contributed by atoms with E-state index in [2.05, 4.69) is 9.97 Å². The van der Waals surface area contributed by atoms with Crippen LogP contribution in [0.25, 0.3) is 0 Å². The number of halogens is 2. The molecule has 1 aromatic heterocycles. The van der Waals surface area contributed by atoms with Gasteiger partial charge in [-0.25, -0.2) is 9.97 Å². The maximum atomic E-state index is 5.84. The monoisotopic (exact) mass is 325 g/mol. The van der Waals surface area contributed by atoms with E-state index in [9.17, 15) is 0 Å². The Kier molecular flexibility index (Phi) is 5.39. The Morgan fingerprint density at radius 1 is 1.14 bits per heavy atom. The number of hydrogen-bond donors (Lipinski definition) is 1. The second-order valence-corrected chi connectivity index (χ2v) is 5.25. The maximum absolute atomic E-state index is 5.84. The van der Waals surface area contributed by atoms with Crippen LogP contribution in [-0.2, 0) is 26.0 Å². The van der Waals surface area contributed by atoms with Crippen molar-refractivity contribution in [1.29, 1.82) is 0 Å². The van der Waals surface area contributed by atoms with Gasteiger partial charge in [0.2, 0.25) is 0 Å². The summed E-state index contributed by atoms with van der Waals surface area (Å²) >= 11 is 5.84. The summed E-state index contributed by atoms with van der Waals surface area (Å²) in [5, 5.41) is 0.691. The van der Waals surface area contributed by atoms with Gasteiger partial charge in [0.15, 0.2) is 5.82 Å². The summed E-state index contributed by atoms with van der Waals surface area (Å²) in [4.78, 5) is 9.09. The van der Waals surface area contributed by atoms with Crippen LogP contribution in [0, 0.1) is 0 Å². The molecule has 2 N–H and O–H groups in total. The molecule has 0 saturated carbocycles. The molecule has 0 aliphatic heterocycles. The number of hydrogen-bond acceptors (Lipinski definition) is 4. The number of nitrogens with two attached hydrogens (primary N) is 1. The molecule has 1 aliphatic carbocycles. The lowest BCUT2D eigenvalue weighted by Crippen LogP contribution is -2.11. The number of ether oxygens (including phenoxy) is 1. The predicted octanol–water partition coefficient (Wildman–Crippen LogP) is 3.08. The minimum atomic E-state index is 0. The number of nitrogens with zero attached hydrogens (tertiary/aromatic N) is 2. The Morgan fingerprint density at radius 2 is 1.90 bits per heavy atom. The number of benzene rings is 1. The van der Waals surface area contributed by atoms with Gasteiger partial charge in [0.1, 0.15) is 12.4 Å². The zero-order valence-corrected chi connectivity index (χ0v) is 13.1. The third-order valence-corrected chi connectivity index (χ3v) is 3.69. The first-order chi connectivity index (χ1) is 9.76. The van der Waals surface area contributed by atoms with Crippen LogP contribution >= 0.6 is 24.0 Å². The van der Waals surface area contributed by atoms with Crippen molar-refractivity contribution >= 4 is 24.0 Å². The van der Waals surface area contributed by atoms with Crippen LogP contribution in [0.4, 0.5) is 0 Å². The van der Waals surface area contributed by atoms with Crippen LogP contribution in [0.1, 0.15) is 29.2 Å². The molecule has 0 atom stereocenters. The van der Waals surface area contributed by atoms with Crippen molar-refractivity contribution in [3.8, 4) is 5.75 Å². The fraction of sp³-hybridized carbons (Fsp3) is 0.333. The van der Waals surface area contributed by atoms with Crippen molar-refractivity contribution in [2.24, 2.45) is 5.73 Å². The standard InChI is InChI=1S/C15H16ClN3O.ClH/c16-10-4-6-11(7-5-10)20-9-15-18-13-3-1-2-12(13)14(8-17)19-15;/h4-7H,1-3,8-9,17H2;1H. The Balaban J connectivity index is 0.00000161. The normalized spacial score (nSPS) is 12.7. The highest BCUT2D eigenvalue weighted by Gasteiger charge is 2.18. The van der Waals surface area contributed by atoms with E-state index in [0.717, 1.165) is 36.4 Å². The number of rotatable bonds is 4. The Labute approximate surface area is 135 Å². The van der Waals surface area contributed by atoms with Crippen LogP contribution < -0.4 is 10.5 Å². The van der Waals surface area contributed by atoms with Gasteiger partial charge in [0.25, 0.3) is 0 Å². The summed E-state index contributed by atoms with van der Waals surface area (Å²) in [7, 11) is 0. The lowest BCUT2D eigenvalue weighted by molar-refractivity contribution is 0.295. The molecule has 1 heterocycles. The summed E-state index contributed by atoms with van der Waals surface area (Å²) in [6, 6.07) is 7.26. The minimum absolute atomic E-state index is 0. The first-order valence-corrected chi connectivity index (χ1v) is 7.10. The van der Waals surface area contributed by atoms with Crippen LogP contribution in [0.15, 0.2) is 24.3 Å². The lowest BCUT2D eigenvalue weighted by Gasteiger charge is -2.10. The van der Waals surface area contributed by atoms with E-state index in [1.807, 2.05) is 12.1 Å². The molecule has 3 rings (SSSR count). The summed E-state index contributed by atoms with van der Waals surface area (Å²) < 4.78 is 5.68. The predicted molar refractivity (Wildman–Crippen MR) is 85.0 cm³/mol. The van der Waals surface area contributed by atoms with Gasteiger partial charge in [0.05, 0.1) is 5.69 Å². The van der Waals surface area contributed by atoms with Crippen molar-refractivity contribution in [3.63, 3.8) is 0 Å². The lowest BCUT2D eigenvalue weighted by atomic mass is 10.2. The molecule has 4 nitrogen and oxygen atoms in total. The van der Waals surface area contributed by atoms with Gasteiger partial charge in [-0.3, -0.25) is 0 Å². The van der Waals surface area contributed by atoms with Gasteiger partial charge in [-0.05, 0) is 49.1 Å². The van der Waals surface area contributed by atoms with E-state index in [-0.39, 0.29) is 12.4 Å². The molecule has 0 bridgehead atoms. The molecule has 0 fully saturated rings. The summed E-state index contributed by atoms with van der Waals surface area (Å²) in [5.41, 5.74) is 9.10. The third-order valence-electron chi connectivity index (χ3n) is 3.44. The van der Waals surface area contributed by atoms with Crippen LogP contribution in [-0.4, -0.2) is 9.97 Å². The van der Waals surface area contributed by atoms with E-state index >= 15 is 0 Å². The molecule has 0 radical (unpaired) electrons. The summed E-state index contributed by atoms with van der Waals surface area (Å²) in [6.07, 6.45) is 3.19. The molecular weight excluding hydrogens is 309 g/mol. The molecule has 0 spiro atoms. The fourth-order valence-electron chi connectivity index (χ4n) is 2.48. The SMILES string of the molecule is Cl.NCc1nc(COc2ccc(Cl)cc2)nc2c1CCC2. The zero-order chi connectivity index (χ0) is 13.9. The smallest absolute Gasteiger partial charge is 0.166 e. The van der Waals surface area contributed by atoms with Gasteiger partial charge >= 0.3 is 0 Å². The van der Waals surface area contributed by atoms with Crippen molar-refractivity contribution in [3.05, 3.63) is 52.1 Å². The van der Waals surface area contributed by atoms with Crippen LogP contribution in [0.2, 0.25) is 5.02 Å². The highest BCUT2D eigenvalue weighted by atomic mass is 35.5. The Bertz CT molecular complexity index is 617. The first-order valence-electron chi connectivity index (χ1n) is 6.72. The van der Waals surface area contributed by atoms with E-state index in [1.54, 1.807) is 12.1 Å². The quantitative estimate of drug-likeness (QED) is 0.938. The van der Waals surface area contributed by atoms with Crippen molar-refractivity contribution in [2.75, 3.05) is 0 Å². The second kappa shape index (κ2) is 7.07. The average Bonchev–Trinajstić information content (AvgIpc) is 2.94. The van der Waals surface area contributed by atoms with E-state index < -0.39 is 0 Å². The summed E-state index contributed by atoms with van der Waals surface area (Å²) in [6.45, 7) is 0.806. The van der Waals surface area contributed by atoms with Crippen molar-refractivity contribution in [2.45, 2.75) is 32.4 Å². The average molecular weight is 326 g/mol. The number of aromatic nitrogens is 2. The molecule has 1 aliphatic rings. The summed E-state index contributed by atoms with van der Waals surface area (Å²) in [5.74, 6) is 1.45. The molecule has 21 heavy (non-hydrogen) atoms. The van der Waals surface area contributed by atoms with Crippen LogP contribution in [0.3, 0.4) is 0 Å². The second-order valence-electron chi connectivity index (χ2n) is 4.81. The highest BCUT2D eigenvalue weighted by Crippen LogP contribution is 2.23. The molecule has 6 heteroatoms. The molecule has 0 unspecified atom stereocenters. The highest BCUT2D eigenvalue weighted by molar-refractivity contribution is 6.30. The molecular formula is C15H17Cl2N3O. The topological polar surface area (TPSA) is 61.0 Å². The van der Waals surface area contributed by atoms with E-state index in [4.69, 9.17) is 22.1 Å². The number of aryl methyl sites for hydroxylation is 1. The molecule has 112 valence electrons. The van der Waals surface area contributed by atoms with Gasteiger partial charge in [-0.15, -0.1) is 12.4 Å².